The van der Waals surface area contributed by atoms with Gasteiger partial charge in [0, 0.05) is 6.54 Å². The number of nitrogens with zero attached hydrogens (tertiary/aromatic N) is 2. The van der Waals surface area contributed by atoms with Gasteiger partial charge in [0.15, 0.2) is 5.60 Å². The monoisotopic (exact) mass is 292 g/mol. The Bertz CT molecular complexity index is 708. The average Bonchev–Trinajstić information content (AvgIpc) is 2.97. The molecule has 2 aromatic carbocycles. The van der Waals surface area contributed by atoms with E-state index in [4.69, 9.17) is 0 Å². The SMILES string of the molecule is CCn1c(C(O)(c2ccccc2)c2ccccc2)cnc1C. The van der Waals surface area contributed by atoms with Crippen molar-refractivity contribution in [1.82, 2.24) is 9.55 Å². The molecule has 3 rings (SSSR count). The van der Waals surface area contributed by atoms with E-state index in [0.29, 0.717) is 0 Å². The number of aromatic nitrogens is 2. The lowest BCUT2D eigenvalue weighted by atomic mass is 9.83. The lowest BCUT2D eigenvalue weighted by Gasteiger charge is -2.30. The highest BCUT2D eigenvalue weighted by Crippen LogP contribution is 2.36. The highest BCUT2D eigenvalue weighted by molar-refractivity contribution is 5.44. The van der Waals surface area contributed by atoms with Crippen molar-refractivity contribution >= 4 is 0 Å². The number of aliphatic hydroxyl groups is 1. The van der Waals surface area contributed by atoms with Gasteiger partial charge in [-0.05, 0) is 25.0 Å². The first-order valence-corrected chi connectivity index (χ1v) is 7.54. The maximum Gasteiger partial charge on any atom is 0.156 e. The Morgan fingerprint density at radius 1 is 0.955 bits per heavy atom. The fourth-order valence-electron chi connectivity index (χ4n) is 2.98. The van der Waals surface area contributed by atoms with Gasteiger partial charge >= 0.3 is 0 Å². The highest BCUT2D eigenvalue weighted by Gasteiger charge is 2.36. The van der Waals surface area contributed by atoms with Gasteiger partial charge in [-0.1, -0.05) is 60.7 Å². The van der Waals surface area contributed by atoms with Crippen LogP contribution in [0.15, 0.2) is 66.9 Å². The molecule has 22 heavy (non-hydrogen) atoms. The highest BCUT2D eigenvalue weighted by atomic mass is 16.3. The standard InChI is InChI=1S/C19H20N2O/c1-3-21-15(2)20-14-18(21)19(22,16-10-6-4-7-11-16)17-12-8-5-9-13-17/h4-14,22H,3H2,1-2H3. The van der Waals surface area contributed by atoms with E-state index in [1.807, 2.05) is 67.6 Å². The summed E-state index contributed by atoms with van der Waals surface area (Å²) in [5, 5.41) is 11.7. The lowest BCUT2D eigenvalue weighted by Crippen LogP contribution is -2.31. The summed E-state index contributed by atoms with van der Waals surface area (Å²) in [6, 6.07) is 19.5. The normalized spacial score (nSPS) is 11.6. The molecular weight excluding hydrogens is 272 g/mol. The van der Waals surface area contributed by atoms with Crippen molar-refractivity contribution in [3.05, 3.63) is 89.5 Å². The van der Waals surface area contributed by atoms with Crippen LogP contribution in [0.2, 0.25) is 0 Å². The molecule has 0 fully saturated rings. The van der Waals surface area contributed by atoms with Gasteiger partial charge in [0.05, 0.1) is 11.9 Å². The van der Waals surface area contributed by atoms with E-state index in [-0.39, 0.29) is 0 Å². The van der Waals surface area contributed by atoms with Gasteiger partial charge in [0.25, 0.3) is 0 Å². The third kappa shape index (κ3) is 2.24. The summed E-state index contributed by atoms with van der Waals surface area (Å²) in [4.78, 5) is 4.41. The van der Waals surface area contributed by atoms with E-state index in [1.54, 1.807) is 6.20 Å². The van der Waals surface area contributed by atoms with Crippen LogP contribution in [0.4, 0.5) is 0 Å². The smallest absolute Gasteiger partial charge is 0.156 e. The Morgan fingerprint density at radius 2 is 1.45 bits per heavy atom. The molecule has 0 atom stereocenters. The molecule has 0 radical (unpaired) electrons. The van der Waals surface area contributed by atoms with Crippen molar-refractivity contribution in [2.75, 3.05) is 0 Å². The minimum absolute atomic E-state index is 0.767. The fourth-order valence-corrected chi connectivity index (χ4v) is 2.98. The summed E-state index contributed by atoms with van der Waals surface area (Å²) >= 11 is 0. The van der Waals surface area contributed by atoms with Crippen molar-refractivity contribution in [2.24, 2.45) is 0 Å². The molecule has 112 valence electrons. The van der Waals surface area contributed by atoms with Crippen LogP contribution in [-0.4, -0.2) is 14.7 Å². The van der Waals surface area contributed by atoms with Crippen LogP contribution in [0.25, 0.3) is 0 Å². The first kappa shape index (κ1) is 14.5. The van der Waals surface area contributed by atoms with Gasteiger partial charge in [-0.2, -0.15) is 0 Å². The molecule has 0 aliphatic carbocycles. The molecule has 0 aliphatic rings. The Balaban J connectivity index is 2.29. The third-order valence-electron chi connectivity index (χ3n) is 4.13. The maximum atomic E-state index is 11.7. The average molecular weight is 292 g/mol. The summed E-state index contributed by atoms with van der Waals surface area (Å²) < 4.78 is 2.06. The second kappa shape index (κ2) is 5.78. The van der Waals surface area contributed by atoms with Gasteiger partial charge in [-0.25, -0.2) is 4.98 Å². The maximum absolute atomic E-state index is 11.7. The summed E-state index contributed by atoms with van der Waals surface area (Å²) in [5.41, 5.74) is 1.27. The molecule has 3 aromatic rings. The van der Waals surface area contributed by atoms with Gasteiger partial charge in [-0.15, -0.1) is 0 Å². The molecule has 3 heteroatoms. The predicted octanol–water partition coefficient (Wildman–Crippen LogP) is 3.50. The minimum atomic E-state index is -1.21. The van der Waals surface area contributed by atoms with E-state index < -0.39 is 5.60 Å². The van der Waals surface area contributed by atoms with Crippen LogP contribution in [0, 0.1) is 6.92 Å². The molecule has 0 amide bonds. The number of aryl methyl sites for hydroxylation is 1. The van der Waals surface area contributed by atoms with E-state index >= 15 is 0 Å². The van der Waals surface area contributed by atoms with Crippen molar-refractivity contribution < 1.29 is 5.11 Å². The van der Waals surface area contributed by atoms with Gasteiger partial charge in [0.1, 0.15) is 5.82 Å². The van der Waals surface area contributed by atoms with Crippen LogP contribution in [0.3, 0.4) is 0 Å². The molecule has 3 nitrogen and oxygen atoms in total. The Morgan fingerprint density at radius 3 is 1.91 bits per heavy atom. The molecule has 1 aromatic heterocycles. The molecule has 1 heterocycles. The minimum Gasteiger partial charge on any atom is -0.374 e. The molecular formula is C19H20N2O. The third-order valence-corrected chi connectivity index (χ3v) is 4.13. The van der Waals surface area contributed by atoms with Crippen LogP contribution >= 0.6 is 0 Å². The zero-order valence-electron chi connectivity index (χ0n) is 12.9. The Kier molecular flexibility index (Phi) is 3.82. The van der Waals surface area contributed by atoms with E-state index in [1.165, 1.54) is 0 Å². The van der Waals surface area contributed by atoms with Gasteiger partial charge < -0.3 is 9.67 Å². The molecule has 0 bridgehead atoms. The van der Waals surface area contributed by atoms with Crippen LogP contribution in [-0.2, 0) is 12.1 Å². The number of rotatable bonds is 4. The van der Waals surface area contributed by atoms with Crippen molar-refractivity contribution in [3.8, 4) is 0 Å². The van der Waals surface area contributed by atoms with Crippen molar-refractivity contribution in [3.63, 3.8) is 0 Å². The second-order valence-corrected chi connectivity index (χ2v) is 5.38. The zero-order valence-corrected chi connectivity index (χ0v) is 12.9. The number of benzene rings is 2. The van der Waals surface area contributed by atoms with Crippen molar-refractivity contribution in [2.45, 2.75) is 26.0 Å². The van der Waals surface area contributed by atoms with Crippen molar-refractivity contribution in [1.29, 1.82) is 0 Å². The largest absolute Gasteiger partial charge is 0.374 e. The van der Waals surface area contributed by atoms with E-state index in [9.17, 15) is 5.11 Å². The van der Waals surface area contributed by atoms with Gasteiger partial charge in [0.2, 0.25) is 0 Å². The van der Waals surface area contributed by atoms with Crippen LogP contribution < -0.4 is 0 Å². The predicted molar refractivity (Wildman–Crippen MR) is 87.6 cm³/mol. The number of hydrogen-bond donors (Lipinski definition) is 1. The molecule has 0 saturated carbocycles. The Hall–Kier alpha value is -2.39. The fraction of sp³-hybridized carbons (Fsp3) is 0.211. The van der Waals surface area contributed by atoms with Crippen LogP contribution in [0.1, 0.15) is 29.6 Å². The summed E-state index contributed by atoms with van der Waals surface area (Å²) in [6.07, 6.45) is 1.78. The van der Waals surface area contributed by atoms with Crippen LogP contribution in [0.5, 0.6) is 0 Å². The summed E-state index contributed by atoms with van der Waals surface area (Å²) in [5.74, 6) is 0.905. The van der Waals surface area contributed by atoms with E-state index in [0.717, 1.165) is 29.2 Å². The zero-order chi connectivity index (χ0) is 15.6. The number of imidazole rings is 1. The quantitative estimate of drug-likeness (QED) is 0.799. The Labute approximate surface area is 130 Å². The van der Waals surface area contributed by atoms with Gasteiger partial charge in [-0.3, -0.25) is 0 Å². The topological polar surface area (TPSA) is 38.0 Å². The number of hydrogen-bond acceptors (Lipinski definition) is 2. The molecule has 0 unspecified atom stereocenters. The summed E-state index contributed by atoms with van der Waals surface area (Å²) in [7, 11) is 0. The lowest BCUT2D eigenvalue weighted by molar-refractivity contribution is 0.116. The summed E-state index contributed by atoms with van der Waals surface area (Å²) in [6.45, 7) is 4.79. The van der Waals surface area contributed by atoms with E-state index in [2.05, 4.69) is 16.5 Å². The molecule has 1 N–H and O–H groups in total. The molecule has 0 saturated heterocycles. The first-order chi connectivity index (χ1) is 10.7. The molecule has 0 spiro atoms. The second-order valence-electron chi connectivity index (χ2n) is 5.38. The molecule has 0 aliphatic heterocycles. The first-order valence-electron chi connectivity index (χ1n) is 7.54.